The number of rotatable bonds is 4. The topological polar surface area (TPSA) is 76.5 Å². The molecule has 3 aromatic rings. The molecule has 0 radical (unpaired) electrons. The van der Waals surface area contributed by atoms with Crippen molar-refractivity contribution in [1.29, 1.82) is 0 Å². The average Bonchev–Trinajstić information content (AvgIpc) is 3.29. The standard InChI is InChI=1S/C19H23N5O2/c1-13(2)11-14-12-17(26-22-14)19(25)23-9-4-3-5-16(23)15-7-10-24-18(21-15)6-8-20-24/h6-8,10,12-13,16H,3-5,9,11H2,1-2H3/t16-/m0/s1. The molecular weight excluding hydrogens is 330 g/mol. The maximum Gasteiger partial charge on any atom is 0.293 e. The third kappa shape index (κ3) is 3.21. The highest BCUT2D eigenvalue weighted by Gasteiger charge is 2.31. The lowest BCUT2D eigenvalue weighted by Gasteiger charge is -2.34. The molecular formula is C19H23N5O2. The number of hydrogen-bond acceptors (Lipinski definition) is 5. The van der Waals surface area contributed by atoms with E-state index in [1.54, 1.807) is 16.8 Å². The molecule has 0 aliphatic carbocycles. The maximum atomic E-state index is 13.0. The van der Waals surface area contributed by atoms with E-state index in [-0.39, 0.29) is 11.9 Å². The van der Waals surface area contributed by atoms with E-state index in [2.05, 4.69) is 24.1 Å². The first-order valence-corrected chi connectivity index (χ1v) is 9.18. The summed E-state index contributed by atoms with van der Waals surface area (Å²) in [5.74, 6) is 0.683. The van der Waals surface area contributed by atoms with Gasteiger partial charge in [-0.25, -0.2) is 9.50 Å². The number of aromatic nitrogens is 4. The fraction of sp³-hybridized carbons (Fsp3) is 0.474. The van der Waals surface area contributed by atoms with Crippen molar-refractivity contribution in [2.45, 2.75) is 45.6 Å². The second kappa shape index (κ2) is 6.90. The number of likely N-dealkylation sites (tertiary alicyclic amines) is 1. The minimum Gasteiger partial charge on any atom is -0.351 e. The predicted molar refractivity (Wildman–Crippen MR) is 95.7 cm³/mol. The molecule has 0 N–H and O–H groups in total. The lowest BCUT2D eigenvalue weighted by molar-refractivity contribution is 0.0564. The number of amides is 1. The summed E-state index contributed by atoms with van der Waals surface area (Å²) in [4.78, 5) is 19.6. The van der Waals surface area contributed by atoms with Gasteiger partial charge in [0.05, 0.1) is 23.6 Å². The summed E-state index contributed by atoms with van der Waals surface area (Å²) in [5.41, 5.74) is 2.52. The highest BCUT2D eigenvalue weighted by atomic mass is 16.5. The highest BCUT2D eigenvalue weighted by Crippen LogP contribution is 2.31. The number of nitrogens with zero attached hydrogens (tertiary/aromatic N) is 5. The van der Waals surface area contributed by atoms with Gasteiger partial charge in [0.25, 0.3) is 5.91 Å². The van der Waals surface area contributed by atoms with E-state index in [1.165, 1.54) is 0 Å². The molecule has 1 aliphatic heterocycles. The molecule has 0 bridgehead atoms. The number of carbonyl (C=O) groups is 1. The predicted octanol–water partition coefficient (Wildman–Crippen LogP) is 3.28. The smallest absolute Gasteiger partial charge is 0.293 e. The number of carbonyl (C=O) groups excluding carboxylic acids is 1. The van der Waals surface area contributed by atoms with Gasteiger partial charge in [-0.2, -0.15) is 5.10 Å². The molecule has 4 heterocycles. The summed E-state index contributed by atoms with van der Waals surface area (Å²) in [7, 11) is 0. The van der Waals surface area contributed by atoms with Crippen LogP contribution in [0.3, 0.4) is 0 Å². The van der Waals surface area contributed by atoms with Crippen molar-refractivity contribution < 1.29 is 9.32 Å². The van der Waals surface area contributed by atoms with Crippen molar-refractivity contribution in [3.63, 3.8) is 0 Å². The maximum absolute atomic E-state index is 13.0. The van der Waals surface area contributed by atoms with Gasteiger partial charge in [0, 0.05) is 24.9 Å². The van der Waals surface area contributed by atoms with Gasteiger partial charge in [0.1, 0.15) is 0 Å². The molecule has 0 spiro atoms. The van der Waals surface area contributed by atoms with Crippen LogP contribution in [0.2, 0.25) is 0 Å². The molecule has 136 valence electrons. The van der Waals surface area contributed by atoms with Gasteiger partial charge in [0.15, 0.2) is 5.65 Å². The molecule has 0 aromatic carbocycles. The Morgan fingerprint density at radius 2 is 2.23 bits per heavy atom. The summed E-state index contributed by atoms with van der Waals surface area (Å²) in [6.07, 6.45) is 7.39. The van der Waals surface area contributed by atoms with Gasteiger partial charge in [0.2, 0.25) is 5.76 Å². The van der Waals surface area contributed by atoms with Crippen LogP contribution in [0, 0.1) is 5.92 Å². The zero-order valence-corrected chi connectivity index (χ0v) is 15.1. The Morgan fingerprint density at radius 1 is 1.35 bits per heavy atom. The zero-order chi connectivity index (χ0) is 18.1. The third-order valence-corrected chi connectivity index (χ3v) is 4.77. The van der Waals surface area contributed by atoms with E-state index >= 15 is 0 Å². The molecule has 0 unspecified atom stereocenters. The van der Waals surface area contributed by atoms with E-state index in [0.717, 1.165) is 42.7 Å². The number of hydrogen-bond donors (Lipinski definition) is 0. The molecule has 1 atom stereocenters. The normalized spacial score (nSPS) is 18.0. The lowest BCUT2D eigenvalue weighted by atomic mass is 9.98. The highest BCUT2D eigenvalue weighted by molar-refractivity contribution is 5.91. The van der Waals surface area contributed by atoms with Crippen LogP contribution in [-0.4, -0.2) is 37.1 Å². The second-order valence-corrected chi connectivity index (χ2v) is 7.28. The Bertz CT molecular complexity index is 913. The van der Waals surface area contributed by atoms with E-state index in [1.807, 2.05) is 23.2 Å². The van der Waals surface area contributed by atoms with Crippen LogP contribution in [-0.2, 0) is 6.42 Å². The van der Waals surface area contributed by atoms with E-state index in [9.17, 15) is 4.79 Å². The van der Waals surface area contributed by atoms with Crippen LogP contribution in [0.1, 0.15) is 61.1 Å². The van der Waals surface area contributed by atoms with Crippen molar-refractivity contribution in [1.82, 2.24) is 24.7 Å². The van der Waals surface area contributed by atoms with Gasteiger partial charge < -0.3 is 9.42 Å². The molecule has 26 heavy (non-hydrogen) atoms. The van der Waals surface area contributed by atoms with Crippen molar-refractivity contribution in [3.8, 4) is 0 Å². The monoisotopic (exact) mass is 353 g/mol. The van der Waals surface area contributed by atoms with Crippen LogP contribution >= 0.6 is 0 Å². The third-order valence-electron chi connectivity index (χ3n) is 4.77. The van der Waals surface area contributed by atoms with Crippen molar-refractivity contribution in [2.24, 2.45) is 5.92 Å². The van der Waals surface area contributed by atoms with Gasteiger partial charge >= 0.3 is 0 Å². The minimum absolute atomic E-state index is 0.0465. The average molecular weight is 353 g/mol. The largest absolute Gasteiger partial charge is 0.351 e. The van der Waals surface area contributed by atoms with Crippen LogP contribution in [0.5, 0.6) is 0 Å². The van der Waals surface area contributed by atoms with Crippen LogP contribution in [0.25, 0.3) is 5.65 Å². The second-order valence-electron chi connectivity index (χ2n) is 7.28. The van der Waals surface area contributed by atoms with E-state index < -0.39 is 0 Å². The summed E-state index contributed by atoms with van der Waals surface area (Å²) >= 11 is 0. The fourth-order valence-corrected chi connectivity index (χ4v) is 3.56. The minimum atomic E-state index is -0.104. The van der Waals surface area contributed by atoms with Gasteiger partial charge in [-0.05, 0) is 37.7 Å². The Balaban J connectivity index is 1.60. The molecule has 0 saturated carbocycles. The molecule has 1 amide bonds. The summed E-state index contributed by atoms with van der Waals surface area (Å²) in [5, 5.41) is 8.24. The molecule has 1 fully saturated rings. The van der Waals surface area contributed by atoms with Crippen molar-refractivity contribution in [2.75, 3.05) is 6.54 Å². The first kappa shape index (κ1) is 16.8. The molecule has 1 saturated heterocycles. The van der Waals surface area contributed by atoms with Crippen molar-refractivity contribution >= 4 is 11.6 Å². The van der Waals surface area contributed by atoms with Crippen LogP contribution < -0.4 is 0 Å². The summed E-state index contributed by atoms with van der Waals surface area (Å²) in [6.45, 7) is 4.94. The SMILES string of the molecule is CC(C)Cc1cc(C(=O)N2CCCC[C@H]2c2ccn3nccc3n2)on1. The van der Waals surface area contributed by atoms with E-state index in [4.69, 9.17) is 9.51 Å². The number of piperidine rings is 1. The Labute approximate surface area is 152 Å². The number of fused-ring (bicyclic) bond motifs is 1. The summed E-state index contributed by atoms with van der Waals surface area (Å²) in [6, 6.07) is 5.55. The zero-order valence-electron chi connectivity index (χ0n) is 15.1. The summed E-state index contributed by atoms with van der Waals surface area (Å²) < 4.78 is 7.08. The van der Waals surface area contributed by atoms with Gasteiger partial charge in [-0.15, -0.1) is 0 Å². The molecule has 3 aromatic heterocycles. The van der Waals surface area contributed by atoms with E-state index in [0.29, 0.717) is 18.2 Å². The van der Waals surface area contributed by atoms with Gasteiger partial charge in [-0.1, -0.05) is 19.0 Å². The van der Waals surface area contributed by atoms with Crippen LogP contribution in [0.15, 0.2) is 35.1 Å². The fourth-order valence-electron chi connectivity index (χ4n) is 3.56. The molecule has 1 aliphatic rings. The van der Waals surface area contributed by atoms with Crippen molar-refractivity contribution in [3.05, 3.63) is 47.7 Å². The quantitative estimate of drug-likeness (QED) is 0.719. The first-order chi connectivity index (χ1) is 12.6. The van der Waals surface area contributed by atoms with Crippen LogP contribution in [0.4, 0.5) is 0 Å². The van der Waals surface area contributed by atoms with Gasteiger partial charge in [-0.3, -0.25) is 4.79 Å². The first-order valence-electron chi connectivity index (χ1n) is 9.18. The molecule has 4 rings (SSSR count). The molecule has 7 heteroatoms. The Hall–Kier alpha value is -2.70. The Kier molecular flexibility index (Phi) is 4.44. The lowest BCUT2D eigenvalue weighted by Crippen LogP contribution is -2.38. The Morgan fingerprint density at radius 3 is 3.08 bits per heavy atom. The molecule has 7 nitrogen and oxygen atoms in total.